The van der Waals surface area contributed by atoms with E-state index in [1.54, 1.807) is 41.1 Å². The number of amides is 3. The van der Waals surface area contributed by atoms with E-state index in [9.17, 15) is 24.3 Å². The number of carbonyl (C=O) groups excluding carboxylic acids is 4. The predicted molar refractivity (Wildman–Crippen MR) is 191 cm³/mol. The van der Waals surface area contributed by atoms with Crippen LogP contribution in [0.1, 0.15) is 56.6 Å². The predicted octanol–water partition coefficient (Wildman–Crippen LogP) is 4.50. The van der Waals surface area contributed by atoms with E-state index < -0.39 is 31.6 Å². The topological polar surface area (TPSA) is 138 Å². The summed E-state index contributed by atoms with van der Waals surface area (Å²) in [6.07, 6.45) is 1.86. The molecular formula is C37H51FN4O7Si. The molecule has 5 rings (SSSR count). The molecule has 0 bridgehead atoms. The number of unbranched alkanes of at least 4 members (excludes halogenated alkanes) is 1. The van der Waals surface area contributed by atoms with Crippen LogP contribution in [0, 0.1) is 11.8 Å². The smallest absolute Gasteiger partial charge is 0.305 e. The van der Waals surface area contributed by atoms with Gasteiger partial charge in [-0.1, -0.05) is 37.3 Å². The Morgan fingerprint density at radius 2 is 1.94 bits per heavy atom. The molecule has 0 saturated carbocycles. The van der Waals surface area contributed by atoms with Crippen LogP contribution in [-0.4, -0.2) is 88.1 Å². The van der Waals surface area contributed by atoms with Crippen LogP contribution < -0.4 is 15.5 Å². The van der Waals surface area contributed by atoms with Crippen molar-refractivity contribution < 1.29 is 37.9 Å². The first-order valence-corrected chi connectivity index (χ1v) is 20.7. The standard InChI is InChI=1S/C37H51FN4O7Si/c1-25-34(50(3,4)38)31(22-32(44)41(19-20-43)24-26-11-6-5-7-12-26)49-37(25)29-21-28(40-35(46)27-13-10-17-39-23-27)15-16-30(29)42(36(37)47)18-9-8-14-33(45)48-2/h5-7,11-12,15-16,21,25,27,31,34,39,43H,8-10,13-14,17-20,22-24H2,1-4H3,(H,40,46)/t25-,27?,31+,34-,37+/m0/s1. The number of nitrogens with one attached hydrogen (secondary N) is 2. The molecule has 0 aliphatic carbocycles. The molecule has 11 nitrogen and oxygen atoms in total. The van der Waals surface area contributed by atoms with Gasteiger partial charge in [0, 0.05) is 55.3 Å². The highest BCUT2D eigenvalue weighted by Crippen LogP contribution is 2.60. The van der Waals surface area contributed by atoms with E-state index in [4.69, 9.17) is 9.47 Å². The number of ether oxygens (including phenoxy) is 2. The number of anilines is 2. The third-order valence-corrected chi connectivity index (χ3v) is 12.9. The lowest BCUT2D eigenvalue weighted by Gasteiger charge is -2.31. The van der Waals surface area contributed by atoms with Crippen LogP contribution in [0.15, 0.2) is 48.5 Å². The zero-order valence-corrected chi connectivity index (χ0v) is 30.6. The Morgan fingerprint density at radius 1 is 1.18 bits per heavy atom. The van der Waals surface area contributed by atoms with Crippen molar-refractivity contribution in [1.82, 2.24) is 10.2 Å². The van der Waals surface area contributed by atoms with E-state index in [0.29, 0.717) is 42.9 Å². The van der Waals surface area contributed by atoms with Gasteiger partial charge in [0.05, 0.1) is 37.8 Å². The molecule has 2 aromatic carbocycles. The van der Waals surface area contributed by atoms with Crippen LogP contribution in [0.5, 0.6) is 0 Å². The van der Waals surface area contributed by atoms with Gasteiger partial charge < -0.3 is 39.1 Å². The van der Waals surface area contributed by atoms with E-state index in [1.807, 2.05) is 37.3 Å². The maximum atomic E-state index is 16.5. The normalized spacial score (nSPS) is 24.7. The van der Waals surface area contributed by atoms with Crippen molar-refractivity contribution in [3.05, 3.63) is 59.7 Å². The monoisotopic (exact) mass is 710 g/mol. The van der Waals surface area contributed by atoms with Crippen molar-refractivity contribution in [2.45, 2.75) is 82.3 Å². The second kappa shape index (κ2) is 16.1. The lowest BCUT2D eigenvalue weighted by molar-refractivity contribution is -0.149. The lowest BCUT2D eigenvalue weighted by Crippen LogP contribution is -2.45. The molecule has 272 valence electrons. The average molecular weight is 711 g/mol. The molecule has 50 heavy (non-hydrogen) atoms. The molecule has 5 atom stereocenters. The van der Waals surface area contributed by atoms with Gasteiger partial charge in [0.1, 0.15) is 0 Å². The summed E-state index contributed by atoms with van der Waals surface area (Å²) in [5.74, 6) is -1.90. The Bertz CT molecular complexity index is 1530. The highest BCUT2D eigenvalue weighted by atomic mass is 28.4. The minimum Gasteiger partial charge on any atom is -0.469 e. The van der Waals surface area contributed by atoms with E-state index in [1.165, 1.54) is 7.11 Å². The number of halogens is 1. The molecule has 3 aliphatic rings. The number of rotatable bonds is 14. The van der Waals surface area contributed by atoms with Crippen molar-refractivity contribution in [3.8, 4) is 0 Å². The molecule has 3 amide bonds. The molecule has 13 heteroatoms. The molecule has 2 fully saturated rings. The SMILES string of the molecule is COC(=O)CCCCN1C(=O)[C@]2(O[C@H](CC(=O)N(CCO)Cc3ccccc3)[C@@H]([Si](C)(C)F)[C@@H]2C)c2cc(NC(=O)C3CCCNC3)ccc21. The number of carbonyl (C=O) groups is 4. The summed E-state index contributed by atoms with van der Waals surface area (Å²) in [5.41, 5.74) is 0.258. The van der Waals surface area contributed by atoms with E-state index in [-0.39, 0.29) is 62.1 Å². The Hall–Kier alpha value is -3.65. The molecule has 3 aliphatic heterocycles. The van der Waals surface area contributed by atoms with Crippen LogP contribution in [0.25, 0.3) is 0 Å². The molecule has 2 saturated heterocycles. The molecule has 1 spiro atoms. The number of aliphatic hydroxyl groups is 1. The molecule has 0 aromatic heterocycles. The summed E-state index contributed by atoms with van der Waals surface area (Å²) in [4.78, 5) is 56.8. The second-order valence-electron chi connectivity index (χ2n) is 14.3. The Kier molecular flexibility index (Phi) is 12.1. The number of fused-ring (bicyclic) bond motifs is 2. The number of hydrogen-bond acceptors (Lipinski definition) is 8. The first-order valence-electron chi connectivity index (χ1n) is 17.7. The Labute approximate surface area is 295 Å². The number of hydrogen-bond donors (Lipinski definition) is 3. The maximum Gasteiger partial charge on any atom is 0.305 e. The summed E-state index contributed by atoms with van der Waals surface area (Å²) in [6.45, 7) is 6.90. The van der Waals surface area contributed by atoms with Crippen LogP contribution in [-0.2, 0) is 40.8 Å². The fourth-order valence-electron chi connectivity index (χ4n) is 8.03. The van der Waals surface area contributed by atoms with E-state index in [2.05, 4.69) is 10.6 Å². The van der Waals surface area contributed by atoms with Gasteiger partial charge in [-0.3, -0.25) is 19.2 Å². The van der Waals surface area contributed by atoms with Crippen LogP contribution in [0.2, 0.25) is 18.6 Å². The first kappa shape index (κ1) is 37.6. The summed E-state index contributed by atoms with van der Waals surface area (Å²) < 4.78 is 28.0. The molecule has 1 unspecified atom stereocenters. The second-order valence-corrected chi connectivity index (χ2v) is 18.0. The number of aliphatic hydroxyl groups excluding tert-OH is 1. The van der Waals surface area contributed by atoms with E-state index in [0.717, 1.165) is 24.9 Å². The van der Waals surface area contributed by atoms with Gasteiger partial charge >= 0.3 is 5.97 Å². The van der Waals surface area contributed by atoms with Gasteiger partial charge in [0.25, 0.3) is 5.91 Å². The highest BCUT2D eigenvalue weighted by molar-refractivity contribution is 6.72. The third-order valence-electron chi connectivity index (χ3n) is 10.5. The van der Waals surface area contributed by atoms with Crippen molar-refractivity contribution in [2.75, 3.05) is 50.1 Å². The maximum absolute atomic E-state index is 16.5. The lowest BCUT2D eigenvalue weighted by atomic mass is 9.82. The minimum atomic E-state index is -3.57. The number of esters is 1. The zero-order chi connectivity index (χ0) is 36.1. The van der Waals surface area contributed by atoms with Crippen molar-refractivity contribution in [3.63, 3.8) is 0 Å². The molecular weight excluding hydrogens is 660 g/mol. The van der Waals surface area contributed by atoms with Crippen molar-refractivity contribution in [2.24, 2.45) is 11.8 Å². The molecule has 3 N–H and O–H groups in total. The minimum absolute atomic E-state index is 0.100. The van der Waals surface area contributed by atoms with Gasteiger partial charge in [-0.05, 0) is 69.1 Å². The summed E-state index contributed by atoms with van der Waals surface area (Å²) >= 11 is 0. The number of benzene rings is 2. The molecule has 0 radical (unpaired) electrons. The summed E-state index contributed by atoms with van der Waals surface area (Å²) in [7, 11) is -2.23. The van der Waals surface area contributed by atoms with Gasteiger partial charge in [0.2, 0.25) is 20.2 Å². The zero-order valence-electron chi connectivity index (χ0n) is 29.6. The number of piperidine rings is 1. The third kappa shape index (κ3) is 7.95. The highest BCUT2D eigenvalue weighted by Gasteiger charge is 2.67. The van der Waals surface area contributed by atoms with Crippen molar-refractivity contribution >= 4 is 43.5 Å². The van der Waals surface area contributed by atoms with Gasteiger partial charge in [0.15, 0.2) is 5.60 Å². The Morgan fingerprint density at radius 3 is 2.60 bits per heavy atom. The molecule has 2 aromatic rings. The van der Waals surface area contributed by atoms with Gasteiger partial charge in [-0.25, -0.2) is 0 Å². The average Bonchev–Trinajstić information content (AvgIpc) is 3.52. The van der Waals surface area contributed by atoms with E-state index >= 15 is 4.11 Å². The molecule has 3 heterocycles. The summed E-state index contributed by atoms with van der Waals surface area (Å²) in [5, 5.41) is 16.1. The fourth-order valence-corrected chi connectivity index (χ4v) is 10.5. The summed E-state index contributed by atoms with van der Waals surface area (Å²) in [6, 6.07) is 14.8. The first-order chi connectivity index (χ1) is 23.9. The fraction of sp³-hybridized carbons (Fsp3) is 0.568. The Balaban J connectivity index is 1.48. The quantitative estimate of drug-likeness (QED) is 0.113. The number of nitrogens with zero attached hydrogens (tertiary/aromatic N) is 2. The van der Waals surface area contributed by atoms with Gasteiger partial charge in [-0.15, -0.1) is 0 Å². The van der Waals surface area contributed by atoms with Gasteiger partial charge in [-0.2, -0.15) is 0 Å². The largest absolute Gasteiger partial charge is 0.469 e. The van der Waals surface area contributed by atoms with Crippen LogP contribution in [0.4, 0.5) is 15.5 Å². The van der Waals surface area contributed by atoms with Crippen molar-refractivity contribution in [1.29, 1.82) is 0 Å². The van der Waals surface area contributed by atoms with Crippen LogP contribution in [0.3, 0.4) is 0 Å². The van der Waals surface area contributed by atoms with Crippen LogP contribution >= 0.6 is 0 Å². The number of methoxy groups -OCH3 is 1.